The van der Waals surface area contributed by atoms with Crippen molar-refractivity contribution in [3.8, 4) is 28.4 Å². The molecule has 0 aliphatic heterocycles. The molecular weight excluding hydrogens is 577 g/mol. The molecule has 2 N–H and O–H groups in total. The maximum atomic E-state index is 13.3. The van der Waals surface area contributed by atoms with Crippen molar-refractivity contribution in [2.75, 3.05) is 13.7 Å². The van der Waals surface area contributed by atoms with E-state index in [1.165, 1.54) is 13.3 Å². The van der Waals surface area contributed by atoms with Gasteiger partial charge < -0.3 is 19.2 Å². The number of hydrazone groups is 1. The topological polar surface area (TPSA) is 102 Å². The zero-order chi connectivity index (χ0) is 29.6. The minimum Gasteiger partial charge on any atom is -0.497 e. The van der Waals surface area contributed by atoms with Crippen LogP contribution in [0.5, 0.6) is 17.2 Å². The Balaban J connectivity index is 1.37. The minimum absolute atomic E-state index is 0.241. The fourth-order valence-electron chi connectivity index (χ4n) is 4.38. The summed E-state index contributed by atoms with van der Waals surface area (Å²) < 4.78 is 16.5. The third-order valence-electron chi connectivity index (χ3n) is 6.31. The first kappa shape index (κ1) is 28.7. The molecule has 0 radical (unpaired) electrons. The van der Waals surface area contributed by atoms with E-state index in [4.69, 9.17) is 37.4 Å². The van der Waals surface area contributed by atoms with E-state index in [0.29, 0.717) is 55.9 Å². The Labute approximate surface area is 251 Å². The molecule has 4 aromatic carbocycles. The highest BCUT2D eigenvalue weighted by Crippen LogP contribution is 2.38. The van der Waals surface area contributed by atoms with Crippen LogP contribution in [0.15, 0.2) is 90.0 Å². The number of H-pyrrole nitrogens is 1. The van der Waals surface area contributed by atoms with Crippen molar-refractivity contribution in [2.45, 2.75) is 6.92 Å². The Kier molecular flexibility index (Phi) is 8.76. The number of carbonyl (C=O) groups excluding carboxylic acids is 2. The largest absolute Gasteiger partial charge is 0.497 e. The normalized spacial score (nSPS) is 11.0. The Morgan fingerprint density at radius 3 is 2.50 bits per heavy atom. The molecule has 212 valence electrons. The first-order valence-corrected chi connectivity index (χ1v) is 13.7. The van der Waals surface area contributed by atoms with E-state index in [-0.39, 0.29) is 11.4 Å². The minimum atomic E-state index is -0.559. The summed E-state index contributed by atoms with van der Waals surface area (Å²) in [5, 5.41) is 5.86. The van der Waals surface area contributed by atoms with Gasteiger partial charge in [-0.2, -0.15) is 5.10 Å². The van der Waals surface area contributed by atoms with E-state index in [9.17, 15) is 9.59 Å². The molecule has 0 atom stereocenters. The van der Waals surface area contributed by atoms with Crippen molar-refractivity contribution in [1.82, 2.24) is 10.4 Å². The highest BCUT2D eigenvalue weighted by Gasteiger charge is 2.22. The van der Waals surface area contributed by atoms with E-state index in [0.717, 1.165) is 5.39 Å². The smallest absolute Gasteiger partial charge is 0.343 e. The van der Waals surface area contributed by atoms with Gasteiger partial charge in [0.05, 0.1) is 36.0 Å². The summed E-state index contributed by atoms with van der Waals surface area (Å²) in [5.41, 5.74) is 5.68. The van der Waals surface area contributed by atoms with E-state index in [2.05, 4.69) is 15.5 Å². The molecule has 0 aliphatic carbocycles. The van der Waals surface area contributed by atoms with Crippen molar-refractivity contribution in [1.29, 1.82) is 0 Å². The second-order valence-corrected chi connectivity index (χ2v) is 9.79. The van der Waals surface area contributed by atoms with Crippen LogP contribution in [0.1, 0.15) is 33.3 Å². The van der Waals surface area contributed by atoms with Crippen LogP contribution < -0.4 is 19.6 Å². The number of fused-ring (bicyclic) bond motifs is 1. The van der Waals surface area contributed by atoms with Gasteiger partial charge in [-0.05, 0) is 61.0 Å². The lowest BCUT2D eigenvalue weighted by Gasteiger charge is -2.11. The van der Waals surface area contributed by atoms with Gasteiger partial charge in [0, 0.05) is 21.5 Å². The zero-order valence-corrected chi connectivity index (χ0v) is 24.1. The maximum absolute atomic E-state index is 13.3. The molecule has 1 heterocycles. The monoisotopic (exact) mass is 601 g/mol. The average molecular weight is 602 g/mol. The van der Waals surface area contributed by atoms with E-state index < -0.39 is 11.9 Å². The fourth-order valence-corrected chi connectivity index (χ4v) is 4.84. The van der Waals surface area contributed by atoms with Crippen LogP contribution >= 0.6 is 23.2 Å². The number of nitrogens with zero attached hydrogens (tertiary/aromatic N) is 1. The molecule has 5 aromatic rings. The number of amides is 1. The molecule has 0 saturated carbocycles. The van der Waals surface area contributed by atoms with Gasteiger partial charge in [-0.3, -0.25) is 4.79 Å². The van der Waals surface area contributed by atoms with Gasteiger partial charge in [0.25, 0.3) is 5.91 Å². The number of aromatic nitrogens is 1. The molecule has 0 unspecified atom stereocenters. The summed E-state index contributed by atoms with van der Waals surface area (Å²) in [6.45, 7) is 2.16. The Hall–Kier alpha value is -4.79. The number of para-hydroxylation sites is 1. The highest BCUT2D eigenvalue weighted by atomic mass is 35.5. The van der Waals surface area contributed by atoms with Gasteiger partial charge in [-0.25, -0.2) is 10.2 Å². The third-order valence-corrected chi connectivity index (χ3v) is 6.95. The lowest BCUT2D eigenvalue weighted by Crippen LogP contribution is -2.19. The second-order valence-electron chi connectivity index (χ2n) is 8.98. The van der Waals surface area contributed by atoms with Gasteiger partial charge in [0.2, 0.25) is 0 Å². The average Bonchev–Trinajstić information content (AvgIpc) is 3.39. The first-order chi connectivity index (χ1) is 20.4. The number of hydrogen-bond donors (Lipinski definition) is 2. The van der Waals surface area contributed by atoms with Gasteiger partial charge in [0.1, 0.15) is 11.4 Å². The number of esters is 1. The van der Waals surface area contributed by atoms with Gasteiger partial charge in [-0.15, -0.1) is 0 Å². The summed E-state index contributed by atoms with van der Waals surface area (Å²) in [6, 6.07) is 24.3. The standard InChI is InChI=1S/C32H25Cl2N3O5/c1-3-41-27-16-19(14-15-26(27)42-32(39)20-8-6-9-21(17-20)40-2)18-35-37-31(38)30-28(22-10-4-5-12-24(22)33)23-11-7-13-25(34)29(23)36-30/h4-18,36H,3H2,1-2H3,(H,37,38). The number of rotatable bonds is 9. The molecular formula is C32H25Cl2N3O5. The number of ether oxygens (including phenoxy) is 3. The number of carbonyl (C=O) groups is 2. The SMILES string of the molecule is CCOc1cc(C=NNC(=O)c2[nH]c3c(Cl)cccc3c2-c2ccccc2Cl)ccc1OC(=O)c1cccc(OC)c1. The van der Waals surface area contributed by atoms with Crippen molar-refractivity contribution in [3.05, 3.63) is 112 Å². The third kappa shape index (κ3) is 6.10. The maximum Gasteiger partial charge on any atom is 0.343 e. The van der Waals surface area contributed by atoms with Crippen LogP contribution in [0.4, 0.5) is 0 Å². The molecule has 42 heavy (non-hydrogen) atoms. The molecule has 8 nitrogen and oxygen atoms in total. The molecule has 0 fully saturated rings. The Morgan fingerprint density at radius 1 is 0.929 bits per heavy atom. The lowest BCUT2D eigenvalue weighted by molar-refractivity contribution is 0.0727. The molecule has 0 saturated heterocycles. The van der Waals surface area contributed by atoms with Crippen LogP contribution in [0, 0.1) is 0 Å². The molecule has 10 heteroatoms. The quantitative estimate of drug-likeness (QED) is 0.0786. The number of nitrogens with one attached hydrogen (secondary N) is 2. The van der Waals surface area contributed by atoms with Gasteiger partial charge in [0.15, 0.2) is 11.5 Å². The highest BCUT2D eigenvalue weighted by molar-refractivity contribution is 6.37. The van der Waals surface area contributed by atoms with E-state index in [1.807, 2.05) is 37.3 Å². The Bertz CT molecular complexity index is 1820. The number of hydrogen-bond acceptors (Lipinski definition) is 6. The predicted molar refractivity (Wildman–Crippen MR) is 164 cm³/mol. The molecule has 0 aliphatic rings. The predicted octanol–water partition coefficient (Wildman–Crippen LogP) is 7.53. The van der Waals surface area contributed by atoms with E-state index in [1.54, 1.807) is 54.6 Å². The molecule has 1 aromatic heterocycles. The molecule has 0 bridgehead atoms. The van der Waals surface area contributed by atoms with Crippen molar-refractivity contribution in [3.63, 3.8) is 0 Å². The Morgan fingerprint density at radius 2 is 1.71 bits per heavy atom. The summed E-state index contributed by atoms with van der Waals surface area (Å²) >= 11 is 12.9. The molecule has 5 rings (SSSR count). The lowest BCUT2D eigenvalue weighted by atomic mass is 10.0. The number of benzene rings is 4. The zero-order valence-electron chi connectivity index (χ0n) is 22.6. The summed E-state index contributed by atoms with van der Waals surface area (Å²) in [5.74, 6) is 0.0803. The second kappa shape index (κ2) is 12.8. The number of methoxy groups -OCH3 is 1. The van der Waals surface area contributed by atoms with Gasteiger partial charge >= 0.3 is 5.97 Å². The van der Waals surface area contributed by atoms with E-state index >= 15 is 0 Å². The summed E-state index contributed by atoms with van der Waals surface area (Å²) in [7, 11) is 1.52. The van der Waals surface area contributed by atoms with Crippen molar-refractivity contribution < 1.29 is 23.8 Å². The number of halogens is 2. The van der Waals surface area contributed by atoms with Crippen LogP contribution in [0.3, 0.4) is 0 Å². The van der Waals surface area contributed by atoms with Crippen LogP contribution in [-0.4, -0.2) is 36.8 Å². The number of aromatic amines is 1. The van der Waals surface area contributed by atoms with Crippen molar-refractivity contribution in [2.24, 2.45) is 5.10 Å². The fraction of sp³-hybridized carbons (Fsp3) is 0.0938. The van der Waals surface area contributed by atoms with Gasteiger partial charge in [-0.1, -0.05) is 59.6 Å². The van der Waals surface area contributed by atoms with Crippen LogP contribution in [0.2, 0.25) is 10.0 Å². The molecule has 1 amide bonds. The van der Waals surface area contributed by atoms with Crippen LogP contribution in [-0.2, 0) is 0 Å². The summed E-state index contributed by atoms with van der Waals surface area (Å²) in [4.78, 5) is 29.2. The van der Waals surface area contributed by atoms with Crippen molar-refractivity contribution >= 4 is 52.2 Å². The first-order valence-electron chi connectivity index (χ1n) is 12.9. The summed E-state index contributed by atoms with van der Waals surface area (Å²) in [6.07, 6.45) is 1.46. The molecule has 0 spiro atoms. The van der Waals surface area contributed by atoms with Crippen LogP contribution in [0.25, 0.3) is 22.0 Å².